The minimum Gasteiger partial charge on any atom is -0.465 e. The summed E-state index contributed by atoms with van der Waals surface area (Å²) in [7, 11) is -2.52. The molecule has 4 rings (SSSR count). The highest BCUT2D eigenvalue weighted by Gasteiger charge is 2.32. The summed E-state index contributed by atoms with van der Waals surface area (Å²) in [6.07, 6.45) is 2.09. The molecule has 0 amide bonds. The largest absolute Gasteiger partial charge is 0.465 e. The van der Waals surface area contributed by atoms with Crippen LogP contribution >= 0.6 is 0 Å². The van der Waals surface area contributed by atoms with E-state index in [9.17, 15) is 13.2 Å². The first-order chi connectivity index (χ1) is 15.3. The number of aryl methyl sites for hydroxylation is 1. The molecule has 1 aliphatic heterocycles. The number of nitrogens with zero attached hydrogens (tertiary/aromatic N) is 2. The van der Waals surface area contributed by atoms with Crippen LogP contribution in [0.25, 0.3) is 16.5 Å². The quantitative estimate of drug-likeness (QED) is 0.511. The van der Waals surface area contributed by atoms with Gasteiger partial charge in [-0.05, 0) is 55.8 Å². The van der Waals surface area contributed by atoms with E-state index < -0.39 is 16.0 Å². The number of unbranched alkanes of at least 4 members (excludes halogenated alkanes) is 1. The lowest BCUT2D eigenvalue weighted by atomic mass is 9.98. The van der Waals surface area contributed by atoms with Crippen molar-refractivity contribution in [2.45, 2.75) is 38.1 Å². The monoisotopic (exact) mass is 452 g/mol. The zero-order valence-electron chi connectivity index (χ0n) is 18.7. The Balaban J connectivity index is 1.98. The van der Waals surface area contributed by atoms with Crippen molar-refractivity contribution >= 4 is 32.5 Å². The first-order valence-corrected chi connectivity index (χ1v) is 12.2. The third kappa shape index (κ3) is 3.76. The van der Waals surface area contributed by atoms with Crippen LogP contribution < -0.4 is 0 Å². The number of esters is 1. The molecule has 0 fully saturated rings. The molecule has 0 saturated carbocycles. The third-order valence-electron chi connectivity index (χ3n) is 5.97. The fourth-order valence-corrected chi connectivity index (χ4v) is 5.89. The second kappa shape index (κ2) is 8.56. The molecule has 2 heterocycles. The van der Waals surface area contributed by atoms with Crippen molar-refractivity contribution in [1.82, 2.24) is 8.87 Å². The lowest BCUT2D eigenvalue weighted by Gasteiger charge is -2.29. The molecule has 1 aromatic heterocycles. The average Bonchev–Trinajstić information content (AvgIpc) is 3.12. The predicted octanol–water partition coefficient (Wildman–Crippen LogP) is 4.60. The molecule has 1 aliphatic rings. The van der Waals surface area contributed by atoms with Gasteiger partial charge in [-0.15, -0.1) is 0 Å². The first kappa shape index (κ1) is 22.3. The van der Waals surface area contributed by atoms with E-state index in [1.165, 1.54) is 11.1 Å². The Bertz CT molecular complexity index is 1300. The zero-order chi connectivity index (χ0) is 23.0. The van der Waals surface area contributed by atoms with Crippen LogP contribution in [0.1, 0.15) is 46.9 Å². The molecule has 0 spiro atoms. The summed E-state index contributed by atoms with van der Waals surface area (Å²) in [6.45, 7) is 10.4. The number of methoxy groups -OCH3 is 1. The molecule has 168 valence electrons. The smallest absolute Gasteiger partial charge is 0.337 e. The van der Waals surface area contributed by atoms with Crippen molar-refractivity contribution in [2.75, 3.05) is 20.2 Å². The van der Waals surface area contributed by atoms with Crippen LogP contribution in [0.15, 0.2) is 53.9 Å². The van der Waals surface area contributed by atoms with Gasteiger partial charge in [0.2, 0.25) is 0 Å². The van der Waals surface area contributed by atoms with E-state index in [4.69, 9.17) is 4.74 Å². The van der Waals surface area contributed by atoms with Crippen molar-refractivity contribution in [3.8, 4) is 0 Å². The minimum absolute atomic E-state index is 0.233. The molecular weight excluding hydrogens is 424 g/mol. The van der Waals surface area contributed by atoms with Crippen LogP contribution in [-0.2, 0) is 21.3 Å². The lowest BCUT2D eigenvalue weighted by molar-refractivity contribution is 0.0601. The van der Waals surface area contributed by atoms with Gasteiger partial charge in [-0.2, -0.15) is 0 Å². The van der Waals surface area contributed by atoms with Crippen LogP contribution in [-0.4, -0.2) is 43.5 Å². The van der Waals surface area contributed by atoms with Crippen LogP contribution in [0.3, 0.4) is 0 Å². The number of fused-ring (bicyclic) bond motifs is 3. The number of ether oxygens (including phenoxy) is 1. The van der Waals surface area contributed by atoms with Crippen LogP contribution in [0.2, 0.25) is 0 Å². The number of rotatable bonds is 6. The highest BCUT2D eigenvalue weighted by Crippen LogP contribution is 2.38. The molecule has 0 aliphatic carbocycles. The molecule has 6 nitrogen and oxygen atoms in total. The Morgan fingerprint density at radius 1 is 1.12 bits per heavy atom. The van der Waals surface area contributed by atoms with Crippen molar-refractivity contribution in [3.63, 3.8) is 0 Å². The van der Waals surface area contributed by atoms with Gasteiger partial charge >= 0.3 is 5.97 Å². The maximum atomic E-state index is 13.8. The summed E-state index contributed by atoms with van der Waals surface area (Å²) in [4.78, 5) is 14.6. The Hall–Kier alpha value is -2.90. The Morgan fingerprint density at radius 2 is 1.84 bits per heavy atom. The third-order valence-corrected chi connectivity index (χ3v) is 7.73. The average molecular weight is 453 g/mol. The minimum atomic E-state index is -3.85. The van der Waals surface area contributed by atoms with Crippen LogP contribution in [0.4, 0.5) is 0 Å². The van der Waals surface area contributed by atoms with Crippen molar-refractivity contribution in [2.24, 2.45) is 0 Å². The zero-order valence-corrected chi connectivity index (χ0v) is 19.5. The molecular formula is C25H28N2O4S. The van der Waals surface area contributed by atoms with E-state index >= 15 is 0 Å². The van der Waals surface area contributed by atoms with Crippen LogP contribution in [0, 0.1) is 6.92 Å². The van der Waals surface area contributed by atoms with Gasteiger partial charge in [0.15, 0.2) is 0 Å². The highest BCUT2D eigenvalue weighted by molar-refractivity contribution is 7.90. The summed E-state index contributed by atoms with van der Waals surface area (Å²) >= 11 is 0. The summed E-state index contributed by atoms with van der Waals surface area (Å²) in [6, 6.07) is 11.9. The van der Waals surface area contributed by atoms with Gasteiger partial charge < -0.3 is 4.74 Å². The van der Waals surface area contributed by atoms with Crippen molar-refractivity contribution < 1.29 is 17.9 Å². The standard InChI is InChI=1S/C25H28N2O4S/c1-5-6-13-26-15-18(3)24-21-14-19(25(28)31-4)9-12-22(21)27(23(24)16-26)32(29,30)20-10-7-17(2)8-11-20/h7-12,14H,3,5-6,13,15-16H2,1-2,4H3. The normalized spacial score (nSPS) is 14.5. The molecule has 3 aromatic rings. The van der Waals surface area contributed by atoms with Crippen LogP contribution in [0.5, 0.6) is 0 Å². The fraction of sp³-hybridized carbons (Fsp3) is 0.320. The maximum Gasteiger partial charge on any atom is 0.337 e. The molecule has 0 unspecified atom stereocenters. The summed E-state index contributed by atoms with van der Waals surface area (Å²) in [5.41, 5.74) is 4.28. The topological polar surface area (TPSA) is 68.6 Å². The second-order valence-electron chi connectivity index (χ2n) is 8.30. The molecule has 0 bridgehead atoms. The van der Waals surface area contributed by atoms with Gasteiger partial charge in [-0.3, -0.25) is 4.90 Å². The summed E-state index contributed by atoms with van der Waals surface area (Å²) < 4.78 is 33.9. The van der Waals surface area contributed by atoms with E-state index in [0.717, 1.165) is 36.1 Å². The van der Waals surface area contributed by atoms with Gasteiger partial charge in [0.1, 0.15) is 0 Å². The van der Waals surface area contributed by atoms with E-state index in [1.54, 1.807) is 42.5 Å². The van der Waals surface area contributed by atoms with Gasteiger partial charge in [0.05, 0.1) is 28.8 Å². The molecule has 0 atom stereocenters. The predicted molar refractivity (Wildman–Crippen MR) is 126 cm³/mol. The van der Waals surface area contributed by atoms with E-state index in [1.807, 2.05) is 6.92 Å². The SMILES string of the molecule is C=C1CN(CCCC)Cc2c1c1cc(C(=O)OC)ccc1n2S(=O)(=O)c1ccc(C)cc1. The number of hydrogen-bond acceptors (Lipinski definition) is 5. The molecule has 0 saturated heterocycles. The molecule has 0 radical (unpaired) electrons. The number of aromatic nitrogens is 1. The number of hydrogen-bond donors (Lipinski definition) is 0. The number of benzene rings is 2. The number of carbonyl (C=O) groups excluding carboxylic acids is 1. The maximum absolute atomic E-state index is 13.8. The van der Waals surface area contributed by atoms with Crippen molar-refractivity contribution in [3.05, 3.63) is 71.4 Å². The molecule has 32 heavy (non-hydrogen) atoms. The van der Waals surface area contributed by atoms with E-state index in [2.05, 4.69) is 18.4 Å². The molecule has 0 N–H and O–H groups in total. The van der Waals surface area contributed by atoms with Gasteiger partial charge in [0.25, 0.3) is 10.0 Å². The Labute approximate surface area is 189 Å². The second-order valence-corrected chi connectivity index (χ2v) is 10.1. The van der Waals surface area contributed by atoms with Gasteiger partial charge in [-0.25, -0.2) is 17.2 Å². The summed E-state index contributed by atoms with van der Waals surface area (Å²) in [5, 5.41) is 0.707. The fourth-order valence-electron chi connectivity index (χ4n) is 4.35. The van der Waals surface area contributed by atoms with E-state index in [0.29, 0.717) is 35.2 Å². The highest BCUT2D eigenvalue weighted by atomic mass is 32.2. The van der Waals surface area contributed by atoms with E-state index in [-0.39, 0.29) is 4.90 Å². The summed E-state index contributed by atoms with van der Waals surface area (Å²) in [5.74, 6) is -0.458. The first-order valence-electron chi connectivity index (χ1n) is 10.8. The number of carbonyl (C=O) groups is 1. The lowest BCUT2D eigenvalue weighted by Crippen LogP contribution is -2.32. The van der Waals surface area contributed by atoms with Gasteiger partial charge in [-0.1, -0.05) is 37.6 Å². The Kier molecular flexibility index (Phi) is 5.97. The Morgan fingerprint density at radius 3 is 2.50 bits per heavy atom. The van der Waals surface area contributed by atoms with Gasteiger partial charge in [0, 0.05) is 24.0 Å². The molecule has 7 heteroatoms. The van der Waals surface area contributed by atoms with Crippen molar-refractivity contribution in [1.29, 1.82) is 0 Å². The molecule has 2 aromatic carbocycles.